The van der Waals surface area contributed by atoms with Gasteiger partial charge in [0.1, 0.15) is 0 Å². The predicted molar refractivity (Wildman–Crippen MR) is 70.0 cm³/mol. The highest BCUT2D eigenvalue weighted by molar-refractivity contribution is 9.10. The topological polar surface area (TPSA) is 32.3 Å². The number of hydrogen-bond acceptors (Lipinski definition) is 2. The number of amides is 1. The Balaban J connectivity index is 2.59. The van der Waals surface area contributed by atoms with Crippen molar-refractivity contribution in [3.63, 3.8) is 0 Å². The average molecular weight is 306 g/mol. The van der Waals surface area contributed by atoms with Crippen LogP contribution in [0.1, 0.15) is 10.4 Å². The van der Waals surface area contributed by atoms with E-state index in [-0.39, 0.29) is 5.91 Å². The molecule has 0 heterocycles. The molecular weight excluding hydrogens is 291 g/mol. The van der Waals surface area contributed by atoms with E-state index < -0.39 is 0 Å². The van der Waals surface area contributed by atoms with Crippen molar-refractivity contribution >= 4 is 33.4 Å². The number of carbonyl (C=O) groups is 1. The number of carbonyl (C=O) groups excluding carboxylic acids is 1. The quantitative estimate of drug-likeness (QED) is 0.926. The Labute approximate surface area is 109 Å². The minimum Gasteiger partial charge on any atom is -0.351 e. The monoisotopic (exact) mass is 304 g/mol. The first-order chi connectivity index (χ1) is 7.49. The number of halogens is 2. The van der Waals surface area contributed by atoms with Gasteiger partial charge in [0.2, 0.25) is 0 Å². The lowest BCUT2D eigenvalue weighted by molar-refractivity contribution is 0.0951. The zero-order valence-corrected chi connectivity index (χ0v) is 11.6. The molecule has 0 aliphatic rings. The van der Waals surface area contributed by atoms with Crippen LogP contribution in [-0.4, -0.2) is 38.0 Å². The van der Waals surface area contributed by atoms with Crippen molar-refractivity contribution in [2.75, 3.05) is 27.2 Å². The highest BCUT2D eigenvalue weighted by Gasteiger charge is 2.06. The Morgan fingerprint density at radius 2 is 2.12 bits per heavy atom. The molecule has 0 unspecified atom stereocenters. The Kier molecular flexibility index (Phi) is 5.25. The molecule has 1 rings (SSSR count). The molecule has 1 aromatic rings. The summed E-state index contributed by atoms with van der Waals surface area (Å²) in [6.07, 6.45) is 0. The van der Waals surface area contributed by atoms with E-state index >= 15 is 0 Å². The van der Waals surface area contributed by atoms with E-state index in [1.807, 2.05) is 19.0 Å². The molecule has 0 saturated heterocycles. The maximum Gasteiger partial charge on any atom is 0.251 e. The van der Waals surface area contributed by atoms with Crippen LogP contribution in [0.25, 0.3) is 0 Å². The lowest BCUT2D eigenvalue weighted by atomic mass is 10.2. The van der Waals surface area contributed by atoms with E-state index in [0.29, 0.717) is 17.1 Å². The Morgan fingerprint density at radius 1 is 1.44 bits per heavy atom. The molecule has 0 spiro atoms. The summed E-state index contributed by atoms with van der Waals surface area (Å²) in [5.74, 6) is -0.106. The third-order valence-corrected chi connectivity index (χ3v) is 2.65. The van der Waals surface area contributed by atoms with Gasteiger partial charge in [-0.2, -0.15) is 0 Å². The van der Waals surface area contributed by atoms with E-state index in [2.05, 4.69) is 21.2 Å². The van der Waals surface area contributed by atoms with E-state index in [1.165, 1.54) is 0 Å². The number of nitrogens with one attached hydrogen (secondary N) is 1. The molecule has 3 nitrogen and oxygen atoms in total. The van der Waals surface area contributed by atoms with Crippen molar-refractivity contribution in [1.82, 2.24) is 10.2 Å². The molecule has 0 saturated carbocycles. The van der Waals surface area contributed by atoms with E-state index in [0.717, 1.165) is 11.0 Å². The molecule has 1 N–H and O–H groups in total. The summed E-state index contributed by atoms with van der Waals surface area (Å²) in [5, 5.41) is 3.37. The van der Waals surface area contributed by atoms with Crippen LogP contribution in [0.15, 0.2) is 22.7 Å². The molecule has 5 heteroatoms. The zero-order valence-electron chi connectivity index (χ0n) is 9.26. The smallest absolute Gasteiger partial charge is 0.251 e. The highest BCUT2D eigenvalue weighted by Crippen LogP contribution is 2.19. The second-order valence-electron chi connectivity index (χ2n) is 3.72. The van der Waals surface area contributed by atoms with Gasteiger partial charge in [0.25, 0.3) is 5.91 Å². The Morgan fingerprint density at radius 3 is 2.69 bits per heavy atom. The fraction of sp³-hybridized carbons (Fsp3) is 0.364. The van der Waals surface area contributed by atoms with Crippen LogP contribution < -0.4 is 5.32 Å². The summed E-state index contributed by atoms with van der Waals surface area (Å²) >= 11 is 9.16. The summed E-state index contributed by atoms with van der Waals surface area (Å²) in [7, 11) is 3.92. The van der Waals surface area contributed by atoms with Gasteiger partial charge in [0.15, 0.2) is 0 Å². The minimum absolute atomic E-state index is 0.106. The lowest BCUT2D eigenvalue weighted by Gasteiger charge is -2.10. The van der Waals surface area contributed by atoms with Gasteiger partial charge in [-0.1, -0.05) is 27.5 Å². The molecule has 16 heavy (non-hydrogen) atoms. The second-order valence-corrected chi connectivity index (χ2v) is 5.07. The van der Waals surface area contributed by atoms with Crippen molar-refractivity contribution in [1.29, 1.82) is 0 Å². The first-order valence-electron chi connectivity index (χ1n) is 4.88. The van der Waals surface area contributed by atoms with Crippen LogP contribution in [0.4, 0.5) is 0 Å². The van der Waals surface area contributed by atoms with Gasteiger partial charge in [-0.05, 0) is 32.3 Å². The molecule has 0 bridgehead atoms. The average Bonchev–Trinajstić information content (AvgIpc) is 2.15. The fourth-order valence-corrected chi connectivity index (χ4v) is 2.04. The SMILES string of the molecule is CN(C)CCNC(=O)c1cc(Cl)cc(Br)c1. The largest absolute Gasteiger partial charge is 0.351 e. The highest BCUT2D eigenvalue weighted by atomic mass is 79.9. The molecule has 0 aromatic heterocycles. The van der Waals surface area contributed by atoms with Crippen LogP contribution in [0.2, 0.25) is 5.02 Å². The summed E-state index contributed by atoms with van der Waals surface area (Å²) in [5.41, 5.74) is 0.568. The minimum atomic E-state index is -0.106. The van der Waals surface area contributed by atoms with Gasteiger partial charge in [-0.15, -0.1) is 0 Å². The lowest BCUT2D eigenvalue weighted by Crippen LogP contribution is -2.31. The van der Waals surface area contributed by atoms with Crippen molar-refractivity contribution in [3.05, 3.63) is 33.3 Å². The molecule has 0 fully saturated rings. The van der Waals surface area contributed by atoms with Crippen LogP contribution in [-0.2, 0) is 0 Å². The third kappa shape index (κ3) is 4.51. The van der Waals surface area contributed by atoms with E-state index in [4.69, 9.17) is 11.6 Å². The first-order valence-corrected chi connectivity index (χ1v) is 6.05. The van der Waals surface area contributed by atoms with Crippen LogP contribution in [0.3, 0.4) is 0 Å². The maximum absolute atomic E-state index is 11.7. The van der Waals surface area contributed by atoms with Crippen LogP contribution in [0.5, 0.6) is 0 Å². The Bertz CT molecular complexity index is 362. The molecule has 1 aromatic carbocycles. The number of rotatable bonds is 4. The fourth-order valence-electron chi connectivity index (χ4n) is 1.18. The van der Waals surface area contributed by atoms with Crippen molar-refractivity contribution in [3.8, 4) is 0 Å². The maximum atomic E-state index is 11.7. The summed E-state index contributed by atoms with van der Waals surface area (Å²) < 4.78 is 0.803. The van der Waals surface area contributed by atoms with E-state index in [9.17, 15) is 4.79 Å². The number of hydrogen-bond donors (Lipinski definition) is 1. The molecule has 0 aliphatic heterocycles. The van der Waals surface area contributed by atoms with Gasteiger partial charge in [-0.3, -0.25) is 4.79 Å². The number of likely N-dealkylation sites (N-methyl/N-ethyl adjacent to an activating group) is 1. The summed E-state index contributed by atoms with van der Waals surface area (Å²) in [4.78, 5) is 13.7. The first kappa shape index (κ1) is 13.5. The van der Waals surface area contributed by atoms with E-state index in [1.54, 1.807) is 18.2 Å². The van der Waals surface area contributed by atoms with Crippen LogP contribution >= 0.6 is 27.5 Å². The number of benzene rings is 1. The third-order valence-electron chi connectivity index (χ3n) is 1.97. The van der Waals surface area contributed by atoms with Crippen molar-refractivity contribution in [2.45, 2.75) is 0 Å². The van der Waals surface area contributed by atoms with Crippen molar-refractivity contribution in [2.24, 2.45) is 0 Å². The van der Waals surface area contributed by atoms with Crippen molar-refractivity contribution < 1.29 is 4.79 Å². The van der Waals surface area contributed by atoms with Gasteiger partial charge >= 0.3 is 0 Å². The normalized spacial score (nSPS) is 10.6. The molecule has 0 atom stereocenters. The van der Waals surface area contributed by atoms with Gasteiger partial charge in [0, 0.05) is 28.1 Å². The van der Waals surface area contributed by atoms with Gasteiger partial charge in [0.05, 0.1) is 0 Å². The molecule has 0 aliphatic carbocycles. The van der Waals surface area contributed by atoms with Gasteiger partial charge < -0.3 is 10.2 Å². The zero-order chi connectivity index (χ0) is 12.1. The molecular formula is C11H14BrClN2O. The molecule has 1 amide bonds. The summed E-state index contributed by atoms with van der Waals surface area (Å²) in [6, 6.07) is 5.15. The molecule has 88 valence electrons. The molecule has 0 radical (unpaired) electrons. The summed E-state index contributed by atoms with van der Waals surface area (Å²) in [6.45, 7) is 1.43. The number of nitrogens with zero attached hydrogens (tertiary/aromatic N) is 1. The standard InChI is InChI=1S/C11H14BrClN2O/c1-15(2)4-3-14-11(16)8-5-9(12)7-10(13)6-8/h5-7H,3-4H2,1-2H3,(H,14,16). The van der Waals surface area contributed by atoms with Crippen LogP contribution in [0, 0.1) is 0 Å². The Hall–Kier alpha value is -0.580. The van der Waals surface area contributed by atoms with Gasteiger partial charge in [-0.25, -0.2) is 0 Å². The predicted octanol–water partition coefficient (Wildman–Crippen LogP) is 2.39. The second kappa shape index (κ2) is 6.23.